The van der Waals surface area contributed by atoms with Crippen molar-refractivity contribution in [2.45, 2.75) is 52.5 Å². The summed E-state index contributed by atoms with van der Waals surface area (Å²) in [5.74, 6) is 0.931. The van der Waals surface area contributed by atoms with Gasteiger partial charge in [-0.2, -0.15) is 0 Å². The maximum absolute atomic E-state index is 3.86. The molecule has 2 atom stereocenters. The molecule has 0 radical (unpaired) electrons. The third-order valence-corrected chi connectivity index (χ3v) is 2.75. The molecule has 0 aromatic rings. The highest BCUT2D eigenvalue weighted by Crippen LogP contribution is 2.28. The SMILES string of the molecule is C=CC(=C)NC1CCC(CC)C1.CC. The molecule has 0 aromatic heterocycles. The Morgan fingerprint density at radius 1 is 1.43 bits per heavy atom. The zero-order chi connectivity index (χ0) is 11.0. The molecule has 1 aliphatic rings. The lowest BCUT2D eigenvalue weighted by atomic mass is 10.1. The molecule has 0 spiro atoms. The highest BCUT2D eigenvalue weighted by molar-refractivity contribution is 5.09. The molecular weight excluding hydrogens is 170 g/mol. The van der Waals surface area contributed by atoms with Crippen LogP contribution in [0.15, 0.2) is 24.9 Å². The minimum atomic E-state index is 0.653. The molecule has 1 aliphatic carbocycles. The normalized spacial score (nSPS) is 24.8. The Morgan fingerprint density at radius 3 is 2.50 bits per heavy atom. The predicted octanol–water partition coefficient (Wildman–Crippen LogP) is 3.88. The Morgan fingerprint density at radius 2 is 2.07 bits per heavy atom. The molecule has 14 heavy (non-hydrogen) atoms. The fourth-order valence-electron chi connectivity index (χ4n) is 1.90. The molecule has 1 heteroatoms. The average molecular weight is 195 g/mol. The van der Waals surface area contributed by atoms with E-state index in [9.17, 15) is 0 Å². The van der Waals surface area contributed by atoms with Gasteiger partial charge in [-0.05, 0) is 31.3 Å². The summed E-state index contributed by atoms with van der Waals surface area (Å²) >= 11 is 0. The molecule has 0 aromatic carbocycles. The van der Waals surface area contributed by atoms with Crippen molar-refractivity contribution < 1.29 is 0 Å². The van der Waals surface area contributed by atoms with Gasteiger partial charge in [0, 0.05) is 11.7 Å². The van der Waals surface area contributed by atoms with Crippen LogP contribution in [0.1, 0.15) is 46.5 Å². The van der Waals surface area contributed by atoms with E-state index in [1.807, 2.05) is 13.8 Å². The molecule has 0 heterocycles. The summed E-state index contributed by atoms with van der Waals surface area (Å²) in [7, 11) is 0. The maximum atomic E-state index is 3.86. The zero-order valence-electron chi connectivity index (χ0n) is 9.97. The summed E-state index contributed by atoms with van der Waals surface area (Å²) in [5.41, 5.74) is 0.969. The molecule has 1 rings (SSSR count). The third kappa shape index (κ3) is 4.50. The van der Waals surface area contributed by atoms with Crippen molar-refractivity contribution in [3.8, 4) is 0 Å². The Balaban J connectivity index is 0.000000791. The average Bonchev–Trinajstić information content (AvgIpc) is 2.68. The van der Waals surface area contributed by atoms with Crippen LogP contribution in [0, 0.1) is 5.92 Å². The van der Waals surface area contributed by atoms with Gasteiger partial charge in [0.15, 0.2) is 0 Å². The molecule has 1 saturated carbocycles. The van der Waals surface area contributed by atoms with Crippen molar-refractivity contribution >= 4 is 0 Å². The fourth-order valence-corrected chi connectivity index (χ4v) is 1.90. The van der Waals surface area contributed by atoms with Crippen LogP contribution in [-0.2, 0) is 0 Å². The van der Waals surface area contributed by atoms with E-state index in [0.717, 1.165) is 11.6 Å². The van der Waals surface area contributed by atoms with Crippen LogP contribution in [0.3, 0.4) is 0 Å². The summed E-state index contributed by atoms with van der Waals surface area (Å²) in [4.78, 5) is 0. The molecule has 0 bridgehead atoms. The van der Waals surface area contributed by atoms with E-state index in [1.165, 1.54) is 25.7 Å². The first-order valence-corrected chi connectivity index (χ1v) is 5.84. The van der Waals surface area contributed by atoms with Crippen LogP contribution in [0.2, 0.25) is 0 Å². The van der Waals surface area contributed by atoms with E-state index in [4.69, 9.17) is 0 Å². The number of allylic oxidation sites excluding steroid dienone is 1. The molecule has 1 fully saturated rings. The van der Waals surface area contributed by atoms with Crippen molar-refractivity contribution in [3.63, 3.8) is 0 Å². The third-order valence-electron chi connectivity index (χ3n) is 2.75. The standard InChI is InChI=1S/C11H19N.C2H6/c1-4-9(3)12-11-7-6-10(5-2)8-11;1-2/h4,10-12H,1,3,5-8H2,2H3;1-2H3. The molecule has 0 amide bonds. The first kappa shape index (κ1) is 13.3. The fraction of sp³-hybridized carbons (Fsp3) is 0.692. The smallest absolute Gasteiger partial charge is 0.0263 e. The van der Waals surface area contributed by atoms with E-state index in [2.05, 4.69) is 25.4 Å². The summed E-state index contributed by atoms with van der Waals surface area (Å²) < 4.78 is 0. The van der Waals surface area contributed by atoms with E-state index in [-0.39, 0.29) is 0 Å². The number of nitrogens with one attached hydrogen (secondary N) is 1. The van der Waals surface area contributed by atoms with Crippen LogP contribution in [0.4, 0.5) is 0 Å². The Hall–Kier alpha value is -0.720. The second-order valence-corrected chi connectivity index (χ2v) is 3.66. The number of rotatable bonds is 4. The second-order valence-electron chi connectivity index (χ2n) is 3.66. The van der Waals surface area contributed by atoms with Crippen LogP contribution in [0.5, 0.6) is 0 Å². The highest BCUT2D eigenvalue weighted by atomic mass is 14.9. The lowest BCUT2D eigenvalue weighted by Gasteiger charge is -2.13. The lowest BCUT2D eigenvalue weighted by molar-refractivity contribution is 0.502. The van der Waals surface area contributed by atoms with Crippen molar-refractivity contribution in [3.05, 3.63) is 24.9 Å². The summed E-state index contributed by atoms with van der Waals surface area (Å²) in [6.45, 7) is 13.8. The highest BCUT2D eigenvalue weighted by Gasteiger charge is 2.22. The summed E-state index contributed by atoms with van der Waals surface area (Å²) in [5, 5.41) is 3.38. The van der Waals surface area contributed by atoms with Gasteiger partial charge in [0.05, 0.1) is 0 Å². The van der Waals surface area contributed by atoms with E-state index in [1.54, 1.807) is 6.08 Å². The van der Waals surface area contributed by atoms with E-state index < -0.39 is 0 Å². The quantitative estimate of drug-likeness (QED) is 0.671. The first-order valence-electron chi connectivity index (χ1n) is 5.84. The second kappa shape index (κ2) is 7.66. The minimum Gasteiger partial charge on any atom is -0.383 e. The number of hydrogen-bond acceptors (Lipinski definition) is 1. The first-order chi connectivity index (χ1) is 6.76. The maximum Gasteiger partial charge on any atom is 0.0263 e. The molecule has 1 nitrogen and oxygen atoms in total. The van der Waals surface area contributed by atoms with Gasteiger partial charge in [-0.1, -0.05) is 40.3 Å². The molecule has 1 N–H and O–H groups in total. The van der Waals surface area contributed by atoms with Gasteiger partial charge in [-0.3, -0.25) is 0 Å². The largest absolute Gasteiger partial charge is 0.383 e. The van der Waals surface area contributed by atoms with Crippen molar-refractivity contribution in [2.75, 3.05) is 0 Å². The minimum absolute atomic E-state index is 0.653. The number of hydrogen-bond donors (Lipinski definition) is 1. The van der Waals surface area contributed by atoms with Crippen LogP contribution in [0.25, 0.3) is 0 Å². The predicted molar refractivity (Wildman–Crippen MR) is 65.2 cm³/mol. The summed E-state index contributed by atoms with van der Waals surface area (Å²) in [6, 6.07) is 0.653. The zero-order valence-corrected chi connectivity index (χ0v) is 9.97. The van der Waals surface area contributed by atoms with Crippen molar-refractivity contribution in [1.29, 1.82) is 0 Å². The molecule has 0 saturated heterocycles. The van der Waals surface area contributed by atoms with Gasteiger partial charge < -0.3 is 5.32 Å². The van der Waals surface area contributed by atoms with Gasteiger partial charge in [-0.25, -0.2) is 0 Å². The van der Waals surface area contributed by atoms with Crippen molar-refractivity contribution in [1.82, 2.24) is 5.32 Å². The van der Waals surface area contributed by atoms with E-state index >= 15 is 0 Å². The van der Waals surface area contributed by atoms with Gasteiger partial charge in [0.2, 0.25) is 0 Å². The molecular formula is C13H25N. The Kier molecular flexibility index (Phi) is 7.27. The van der Waals surface area contributed by atoms with Crippen LogP contribution >= 0.6 is 0 Å². The lowest BCUT2D eigenvalue weighted by Crippen LogP contribution is -2.24. The molecule has 82 valence electrons. The van der Waals surface area contributed by atoms with Crippen LogP contribution < -0.4 is 5.32 Å². The van der Waals surface area contributed by atoms with Gasteiger partial charge >= 0.3 is 0 Å². The summed E-state index contributed by atoms with van der Waals surface area (Å²) in [6.07, 6.45) is 7.09. The van der Waals surface area contributed by atoms with Gasteiger partial charge in [0.25, 0.3) is 0 Å². The van der Waals surface area contributed by atoms with E-state index in [0.29, 0.717) is 6.04 Å². The van der Waals surface area contributed by atoms with Crippen molar-refractivity contribution in [2.24, 2.45) is 5.92 Å². The Bertz CT molecular complexity index is 172. The van der Waals surface area contributed by atoms with Gasteiger partial charge in [0.1, 0.15) is 0 Å². The van der Waals surface area contributed by atoms with Crippen LogP contribution in [-0.4, -0.2) is 6.04 Å². The Labute approximate surface area is 89.3 Å². The monoisotopic (exact) mass is 195 g/mol. The molecule has 2 unspecified atom stereocenters. The molecule has 0 aliphatic heterocycles. The topological polar surface area (TPSA) is 12.0 Å². The van der Waals surface area contributed by atoms with Gasteiger partial charge in [-0.15, -0.1) is 0 Å².